The molecule has 1 aromatic heterocycles. The Balaban J connectivity index is 1.61. The van der Waals surface area contributed by atoms with Crippen LogP contribution in [0.4, 0.5) is 13.9 Å². The van der Waals surface area contributed by atoms with Crippen molar-refractivity contribution in [1.82, 2.24) is 10.2 Å². The summed E-state index contributed by atoms with van der Waals surface area (Å²) in [5.74, 6) is -0.495. The first-order valence-electron chi connectivity index (χ1n) is 6.98. The summed E-state index contributed by atoms with van der Waals surface area (Å²) in [7, 11) is 0. The average molecular weight is 442 g/mol. The van der Waals surface area contributed by atoms with Crippen LogP contribution >= 0.6 is 39.0 Å². The topological polar surface area (TPSA) is 54.9 Å². The van der Waals surface area contributed by atoms with Crippen molar-refractivity contribution in [2.24, 2.45) is 0 Å². The molecule has 1 amide bonds. The maximum absolute atomic E-state index is 13.1. The molecule has 4 nitrogen and oxygen atoms in total. The summed E-state index contributed by atoms with van der Waals surface area (Å²) in [5, 5.41) is 10.9. The fourth-order valence-corrected chi connectivity index (χ4v) is 4.12. The Morgan fingerprint density at radius 2 is 1.84 bits per heavy atom. The van der Waals surface area contributed by atoms with Gasteiger partial charge in [-0.05, 0) is 51.8 Å². The Hall–Kier alpha value is -1.84. The fraction of sp³-hybridized carbons (Fsp3) is 0.0625. The molecule has 0 bridgehead atoms. The molecule has 2 aromatic carbocycles. The van der Waals surface area contributed by atoms with Crippen LogP contribution in [-0.2, 0) is 5.75 Å². The third-order valence-corrected chi connectivity index (χ3v) is 5.78. The molecule has 3 aromatic rings. The summed E-state index contributed by atoms with van der Waals surface area (Å²) in [4.78, 5) is 12.2. The summed E-state index contributed by atoms with van der Waals surface area (Å²) < 4.78 is 27.0. The quantitative estimate of drug-likeness (QED) is 0.440. The van der Waals surface area contributed by atoms with Crippen LogP contribution in [0, 0.1) is 11.6 Å². The molecule has 0 aliphatic carbocycles. The standard InChI is InChI=1S/C16H10BrF2N3OS2/c17-13-7-11(19)5-6-12(13)14(23)20-15-21-22-16(25-15)24-8-9-1-3-10(18)4-2-9/h1-7H,8H2,(H,20,21,23). The van der Waals surface area contributed by atoms with E-state index in [2.05, 4.69) is 31.4 Å². The number of carbonyl (C=O) groups is 1. The lowest BCUT2D eigenvalue weighted by Crippen LogP contribution is -2.12. The lowest BCUT2D eigenvalue weighted by Gasteiger charge is -2.03. The van der Waals surface area contributed by atoms with Gasteiger partial charge in [-0.15, -0.1) is 10.2 Å². The number of thioether (sulfide) groups is 1. The van der Waals surface area contributed by atoms with E-state index in [1.165, 1.54) is 53.4 Å². The highest BCUT2D eigenvalue weighted by Crippen LogP contribution is 2.29. The first kappa shape index (κ1) is 18.0. The van der Waals surface area contributed by atoms with Crippen LogP contribution in [0.5, 0.6) is 0 Å². The van der Waals surface area contributed by atoms with Gasteiger partial charge in [0.2, 0.25) is 5.13 Å². The highest BCUT2D eigenvalue weighted by atomic mass is 79.9. The largest absolute Gasteiger partial charge is 0.296 e. The highest BCUT2D eigenvalue weighted by molar-refractivity contribution is 9.10. The fourth-order valence-electron chi connectivity index (χ4n) is 1.88. The summed E-state index contributed by atoms with van der Waals surface area (Å²) in [5.41, 5.74) is 1.26. The minimum Gasteiger partial charge on any atom is -0.296 e. The molecule has 0 saturated heterocycles. The van der Waals surface area contributed by atoms with Gasteiger partial charge < -0.3 is 0 Å². The second-order valence-corrected chi connectivity index (χ2v) is 7.92. The third kappa shape index (κ3) is 4.83. The molecule has 0 spiro atoms. The number of anilines is 1. The van der Waals surface area contributed by atoms with Gasteiger partial charge in [0.15, 0.2) is 4.34 Å². The molecule has 9 heteroatoms. The number of halogens is 3. The van der Waals surface area contributed by atoms with Gasteiger partial charge in [-0.25, -0.2) is 8.78 Å². The molecule has 1 heterocycles. The van der Waals surface area contributed by atoms with E-state index < -0.39 is 11.7 Å². The summed E-state index contributed by atoms with van der Waals surface area (Å²) in [6.07, 6.45) is 0. The number of aromatic nitrogens is 2. The molecule has 3 rings (SSSR count). The Morgan fingerprint density at radius 3 is 2.56 bits per heavy atom. The molecule has 0 atom stereocenters. The molecule has 0 unspecified atom stereocenters. The van der Waals surface area contributed by atoms with E-state index in [4.69, 9.17) is 0 Å². The van der Waals surface area contributed by atoms with Crippen LogP contribution in [0.3, 0.4) is 0 Å². The predicted octanol–water partition coefficient (Wildman–Crippen LogP) is 5.12. The number of hydrogen-bond acceptors (Lipinski definition) is 5. The molecule has 0 aliphatic heterocycles. The molecule has 25 heavy (non-hydrogen) atoms. The number of nitrogens with one attached hydrogen (secondary N) is 1. The van der Waals surface area contributed by atoms with Gasteiger partial charge in [0.05, 0.1) is 5.56 Å². The zero-order valence-electron chi connectivity index (χ0n) is 12.5. The second-order valence-electron chi connectivity index (χ2n) is 4.87. The Labute approximate surface area is 158 Å². The molecular formula is C16H10BrF2N3OS2. The van der Waals surface area contributed by atoms with E-state index in [1.54, 1.807) is 12.1 Å². The van der Waals surface area contributed by atoms with Gasteiger partial charge in [0.25, 0.3) is 5.91 Å². The number of amides is 1. The lowest BCUT2D eigenvalue weighted by atomic mass is 10.2. The maximum atomic E-state index is 13.1. The zero-order chi connectivity index (χ0) is 17.8. The number of nitrogens with zero attached hydrogens (tertiary/aromatic N) is 2. The van der Waals surface area contributed by atoms with Crippen LogP contribution in [0.2, 0.25) is 0 Å². The summed E-state index contributed by atoms with van der Waals surface area (Å²) in [6.45, 7) is 0. The van der Waals surface area contributed by atoms with E-state index in [9.17, 15) is 13.6 Å². The normalized spacial score (nSPS) is 10.7. The molecule has 128 valence electrons. The molecule has 1 N–H and O–H groups in total. The molecule has 0 fully saturated rings. The van der Waals surface area contributed by atoms with E-state index in [0.717, 1.165) is 5.56 Å². The molecular weight excluding hydrogens is 432 g/mol. The van der Waals surface area contributed by atoms with Crippen molar-refractivity contribution < 1.29 is 13.6 Å². The minimum absolute atomic E-state index is 0.276. The van der Waals surface area contributed by atoms with E-state index in [1.807, 2.05) is 0 Å². The van der Waals surface area contributed by atoms with Crippen molar-refractivity contribution in [3.05, 3.63) is 69.7 Å². The van der Waals surface area contributed by atoms with Crippen molar-refractivity contribution in [1.29, 1.82) is 0 Å². The first-order valence-corrected chi connectivity index (χ1v) is 9.58. The van der Waals surface area contributed by atoms with E-state index in [-0.39, 0.29) is 5.82 Å². The van der Waals surface area contributed by atoms with Gasteiger partial charge in [0.1, 0.15) is 11.6 Å². The number of hydrogen-bond donors (Lipinski definition) is 1. The molecule has 0 radical (unpaired) electrons. The van der Waals surface area contributed by atoms with Crippen LogP contribution in [0.15, 0.2) is 51.3 Å². The van der Waals surface area contributed by atoms with Crippen molar-refractivity contribution >= 4 is 50.1 Å². The SMILES string of the molecule is O=C(Nc1nnc(SCc2ccc(F)cc2)s1)c1ccc(F)cc1Br. The maximum Gasteiger partial charge on any atom is 0.258 e. The third-order valence-electron chi connectivity index (χ3n) is 3.08. The number of rotatable bonds is 5. The van der Waals surface area contributed by atoms with Crippen molar-refractivity contribution in [3.8, 4) is 0 Å². The number of benzene rings is 2. The van der Waals surface area contributed by atoms with Crippen molar-refractivity contribution in [2.45, 2.75) is 10.1 Å². The van der Waals surface area contributed by atoms with Crippen LogP contribution in [-0.4, -0.2) is 16.1 Å². The minimum atomic E-state index is -0.432. The zero-order valence-corrected chi connectivity index (χ0v) is 15.7. The predicted molar refractivity (Wildman–Crippen MR) is 97.9 cm³/mol. The van der Waals surface area contributed by atoms with Gasteiger partial charge in [-0.3, -0.25) is 10.1 Å². The van der Waals surface area contributed by atoms with E-state index in [0.29, 0.717) is 25.3 Å². The van der Waals surface area contributed by atoms with Crippen molar-refractivity contribution in [3.63, 3.8) is 0 Å². The second kappa shape index (κ2) is 8.03. The lowest BCUT2D eigenvalue weighted by molar-refractivity contribution is 0.102. The van der Waals surface area contributed by atoms with Crippen LogP contribution in [0.1, 0.15) is 15.9 Å². The van der Waals surface area contributed by atoms with Gasteiger partial charge in [-0.2, -0.15) is 0 Å². The van der Waals surface area contributed by atoms with Gasteiger partial charge in [0, 0.05) is 10.2 Å². The summed E-state index contributed by atoms with van der Waals surface area (Å²) in [6, 6.07) is 10.0. The smallest absolute Gasteiger partial charge is 0.258 e. The summed E-state index contributed by atoms with van der Waals surface area (Å²) >= 11 is 5.83. The molecule has 0 aliphatic rings. The Bertz CT molecular complexity index is 903. The monoisotopic (exact) mass is 441 g/mol. The first-order chi connectivity index (χ1) is 12.0. The van der Waals surface area contributed by atoms with E-state index >= 15 is 0 Å². The van der Waals surface area contributed by atoms with Crippen LogP contribution < -0.4 is 5.32 Å². The average Bonchev–Trinajstić information content (AvgIpc) is 3.01. The molecule has 0 saturated carbocycles. The Morgan fingerprint density at radius 1 is 1.12 bits per heavy atom. The van der Waals surface area contributed by atoms with Crippen LogP contribution in [0.25, 0.3) is 0 Å². The highest BCUT2D eigenvalue weighted by Gasteiger charge is 2.14. The van der Waals surface area contributed by atoms with Crippen molar-refractivity contribution in [2.75, 3.05) is 5.32 Å². The number of carbonyl (C=O) groups excluding carboxylic acids is 1. The van der Waals surface area contributed by atoms with Gasteiger partial charge in [-0.1, -0.05) is 35.2 Å². The Kier molecular flexibility index (Phi) is 5.77. The van der Waals surface area contributed by atoms with Gasteiger partial charge >= 0.3 is 0 Å².